The van der Waals surface area contributed by atoms with Crippen LogP contribution in [0.1, 0.15) is 30.7 Å². The molecule has 0 saturated carbocycles. The van der Waals surface area contributed by atoms with E-state index < -0.39 is 0 Å². The molecule has 0 bridgehead atoms. The Hall–Kier alpha value is -3.26. The minimum Gasteiger partial charge on any atom is -0.378 e. The first-order chi connectivity index (χ1) is 16.4. The molecule has 1 aromatic carbocycles. The summed E-state index contributed by atoms with van der Waals surface area (Å²) in [7, 11) is 1.61. The number of methoxy groups -OCH3 is 1. The lowest BCUT2D eigenvalue weighted by atomic mass is 10.1. The number of carbonyl (C=O) groups is 1. The van der Waals surface area contributed by atoms with Crippen LogP contribution in [0.3, 0.4) is 0 Å². The zero-order valence-electron chi connectivity index (χ0n) is 20.7. The minimum absolute atomic E-state index is 0.0177. The Bertz CT molecular complexity index is 1110. The number of aryl methyl sites for hydroxylation is 2. The van der Waals surface area contributed by atoms with Gasteiger partial charge in [-0.2, -0.15) is 5.10 Å². The standard InChI is InChI=1S/C24H28FN5O2.C2H6/c1-17-6-7-26-23(12-17)28-8-10-29(11-9-28)24(31)15-30-20(16-32-3)14-22(27-30)19-4-5-21(25)18(2)13-19;1-2/h4-7,12-14H,8-11,15-16H2,1-3H3;1-2H3. The maximum atomic E-state index is 13.7. The van der Waals surface area contributed by atoms with E-state index >= 15 is 0 Å². The molecule has 7 nitrogen and oxygen atoms in total. The zero-order chi connectivity index (χ0) is 24.7. The van der Waals surface area contributed by atoms with E-state index in [0.29, 0.717) is 31.0 Å². The zero-order valence-corrected chi connectivity index (χ0v) is 20.7. The number of rotatable bonds is 6. The molecule has 0 N–H and O–H groups in total. The summed E-state index contributed by atoms with van der Waals surface area (Å²) in [5.41, 5.74) is 4.04. The van der Waals surface area contributed by atoms with E-state index in [1.54, 1.807) is 30.8 Å². The second-order valence-corrected chi connectivity index (χ2v) is 8.13. The number of nitrogens with zero attached hydrogens (tertiary/aromatic N) is 5. The van der Waals surface area contributed by atoms with Gasteiger partial charge in [-0.15, -0.1) is 0 Å². The predicted molar refractivity (Wildman–Crippen MR) is 132 cm³/mol. The molecule has 1 saturated heterocycles. The maximum Gasteiger partial charge on any atom is 0.244 e. The van der Waals surface area contributed by atoms with Gasteiger partial charge in [0, 0.05) is 45.0 Å². The maximum absolute atomic E-state index is 13.7. The van der Waals surface area contributed by atoms with E-state index in [-0.39, 0.29) is 18.3 Å². The van der Waals surface area contributed by atoms with Crippen LogP contribution in [0.4, 0.5) is 10.2 Å². The Morgan fingerprint density at radius 1 is 1.06 bits per heavy atom. The Balaban J connectivity index is 0.00000158. The summed E-state index contributed by atoms with van der Waals surface area (Å²) < 4.78 is 20.6. The van der Waals surface area contributed by atoms with Gasteiger partial charge in [-0.3, -0.25) is 9.48 Å². The van der Waals surface area contributed by atoms with Crippen molar-refractivity contribution in [3.05, 3.63) is 65.2 Å². The first kappa shape index (κ1) is 25.4. The van der Waals surface area contributed by atoms with Crippen molar-refractivity contribution in [3.63, 3.8) is 0 Å². The van der Waals surface area contributed by atoms with Crippen molar-refractivity contribution >= 4 is 11.7 Å². The van der Waals surface area contributed by atoms with Crippen LogP contribution >= 0.6 is 0 Å². The van der Waals surface area contributed by atoms with Crippen LogP contribution in [0, 0.1) is 19.7 Å². The van der Waals surface area contributed by atoms with Crippen LogP contribution < -0.4 is 4.90 Å². The van der Waals surface area contributed by atoms with E-state index in [9.17, 15) is 9.18 Å². The number of ether oxygens (including phenoxy) is 1. The van der Waals surface area contributed by atoms with Gasteiger partial charge < -0.3 is 14.5 Å². The fourth-order valence-corrected chi connectivity index (χ4v) is 3.91. The highest BCUT2D eigenvalue weighted by Gasteiger charge is 2.23. The van der Waals surface area contributed by atoms with E-state index in [1.807, 2.05) is 44.0 Å². The number of carbonyl (C=O) groups excluding carboxylic acids is 1. The number of hydrogen-bond acceptors (Lipinski definition) is 5. The molecule has 0 spiro atoms. The number of aromatic nitrogens is 3. The highest BCUT2D eigenvalue weighted by molar-refractivity contribution is 5.76. The first-order valence-electron chi connectivity index (χ1n) is 11.7. The van der Waals surface area contributed by atoms with Crippen LogP contribution in [0.15, 0.2) is 42.6 Å². The molecule has 0 atom stereocenters. The molecule has 4 rings (SSSR count). The van der Waals surface area contributed by atoms with Crippen molar-refractivity contribution in [3.8, 4) is 11.3 Å². The smallest absolute Gasteiger partial charge is 0.244 e. The van der Waals surface area contributed by atoms with Gasteiger partial charge in [0.15, 0.2) is 0 Å². The van der Waals surface area contributed by atoms with E-state index in [2.05, 4.69) is 21.0 Å². The van der Waals surface area contributed by atoms with Crippen LogP contribution in [0.25, 0.3) is 11.3 Å². The predicted octanol–water partition coefficient (Wildman–Crippen LogP) is 4.22. The molecule has 182 valence electrons. The summed E-state index contributed by atoms with van der Waals surface area (Å²) >= 11 is 0. The van der Waals surface area contributed by atoms with E-state index in [1.165, 1.54) is 11.6 Å². The third-order valence-electron chi connectivity index (χ3n) is 5.75. The van der Waals surface area contributed by atoms with Gasteiger partial charge in [-0.1, -0.05) is 13.8 Å². The van der Waals surface area contributed by atoms with E-state index in [0.717, 1.165) is 30.2 Å². The van der Waals surface area contributed by atoms with Crippen molar-refractivity contribution < 1.29 is 13.9 Å². The highest BCUT2D eigenvalue weighted by Crippen LogP contribution is 2.23. The van der Waals surface area contributed by atoms with Crippen molar-refractivity contribution in [2.24, 2.45) is 0 Å². The van der Waals surface area contributed by atoms with Gasteiger partial charge in [0.2, 0.25) is 5.91 Å². The van der Waals surface area contributed by atoms with Crippen molar-refractivity contribution in [2.45, 2.75) is 40.8 Å². The highest BCUT2D eigenvalue weighted by atomic mass is 19.1. The summed E-state index contributed by atoms with van der Waals surface area (Å²) in [6, 6.07) is 10.8. The molecule has 0 aliphatic carbocycles. The number of halogens is 1. The lowest BCUT2D eigenvalue weighted by Crippen LogP contribution is -2.50. The topological polar surface area (TPSA) is 63.5 Å². The van der Waals surface area contributed by atoms with Gasteiger partial charge in [-0.25, -0.2) is 9.37 Å². The van der Waals surface area contributed by atoms with Gasteiger partial charge in [-0.05, 0) is 61.4 Å². The fraction of sp³-hybridized carbons (Fsp3) is 0.423. The molecule has 34 heavy (non-hydrogen) atoms. The number of benzene rings is 1. The quantitative estimate of drug-likeness (QED) is 0.543. The summed E-state index contributed by atoms with van der Waals surface area (Å²) in [6.07, 6.45) is 1.82. The third-order valence-corrected chi connectivity index (χ3v) is 5.75. The molecule has 3 aromatic rings. The Morgan fingerprint density at radius 2 is 1.79 bits per heavy atom. The fourth-order valence-electron chi connectivity index (χ4n) is 3.91. The molecular formula is C26H34FN5O2. The molecule has 1 aliphatic rings. The summed E-state index contributed by atoms with van der Waals surface area (Å²) in [6.45, 7) is 11.0. The SMILES string of the molecule is CC.COCc1cc(-c2ccc(F)c(C)c2)nn1CC(=O)N1CCN(c2cc(C)ccn2)CC1. The molecule has 1 fully saturated rings. The molecule has 8 heteroatoms. The molecule has 1 amide bonds. The number of anilines is 1. The van der Waals surface area contributed by atoms with Crippen LogP contribution in [0.5, 0.6) is 0 Å². The third kappa shape index (κ3) is 5.99. The monoisotopic (exact) mass is 467 g/mol. The lowest BCUT2D eigenvalue weighted by Gasteiger charge is -2.35. The molecule has 0 radical (unpaired) electrons. The Labute approximate surface area is 201 Å². The first-order valence-corrected chi connectivity index (χ1v) is 11.7. The second-order valence-electron chi connectivity index (χ2n) is 8.13. The van der Waals surface area contributed by atoms with Gasteiger partial charge >= 0.3 is 0 Å². The van der Waals surface area contributed by atoms with Crippen LogP contribution in [-0.4, -0.2) is 58.9 Å². The average Bonchev–Trinajstić information content (AvgIpc) is 3.24. The Morgan fingerprint density at radius 3 is 2.44 bits per heavy atom. The van der Waals surface area contributed by atoms with Crippen molar-refractivity contribution in [1.29, 1.82) is 0 Å². The normalized spacial score (nSPS) is 13.5. The number of hydrogen-bond donors (Lipinski definition) is 0. The number of pyridine rings is 1. The molecule has 3 heterocycles. The molecule has 0 unspecified atom stereocenters. The summed E-state index contributed by atoms with van der Waals surface area (Å²) in [5.74, 6) is 0.718. The molecule has 2 aromatic heterocycles. The van der Waals surface area contributed by atoms with E-state index in [4.69, 9.17) is 4.74 Å². The number of piperazine rings is 1. The molecule has 1 aliphatic heterocycles. The number of amides is 1. The minimum atomic E-state index is -0.250. The Kier molecular flexibility index (Phi) is 8.76. The lowest BCUT2D eigenvalue weighted by molar-refractivity contribution is -0.132. The van der Waals surface area contributed by atoms with Crippen molar-refractivity contribution in [1.82, 2.24) is 19.7 Å². The van der Waals surface area contributed by atoms with Gasteiger partial charge in [0.1, 0.15) is 18.2 Å². The summed E-state index contributed by atoms with van der Waals surface area (Å²) in [4.78, 5) is 21.5. The molecular weight excluding hydrogens is 433 g/mol. The summed E-state index contributed by atoms with van der Waals surface area (Å²) in [5, 5.41) is 4.62. The second kappa shape index (κ2) is 11.7. The average molecular weight is 468 g/mol. The van der Waals surface area contributed by atoms with Gasteiger partial charge in [0.25, 0.3) is 0 Å². The van der Waals surface area contributed by atoms with Crippen molar-refractivity contribution in [2.75, 3.05) is 38.2 Å². The van der Waals surface area contributed by atoms with Crippen LogP contribution in [-0.2, 0) is 22.7 Å². The van der Waals surface area contributed by atoms with Crippen LogP contribution in [0.2, 0.25) is 0 Å². The van der Waals surface area contributed by atoms with Gasteiger partial charge in [0.05, 0.1) is 18.0 Å². The largest absolute Gasteiger partial charge is 0.378 e.